The van der Waals surface area contributed by atoms with Gasteiger partial charge in [0.05, 0.1) is 0 Å². The van der Waals surface area contributed by atoms with Crippen LogP contribution in [-0.4, -0.2) is 24.1 Å². The molecule has 1 atom stereocenters. The highest BCUT2D eigenvalue weighted by molar-refractivity contribution is 5.16. The maximum atomic E-state index is 5.79. The molecule has 0 aliphatic heterocycles. The summed E-state index contributed by atoms with van der Waals surface area (Å²) in [6.07, 6.45) is 7.70. The molecule has 0 saturated heterocycles. The average molecular weight is 205 g/mol. The number of nitrogens with zero attached hydrogens (tertiary/aromatic N) is 1. The van der Waals surface area contributed by atoms with Gasteiger partial charge < -0.3 is 11.1 Å². The normalized spacial score (nSPS) is 18.5. The second-order valence-corrected chi connectivity index (χ2v) is 4.25. The van der Waals surface area contributed by atoms with Gasteiger partial charge in [-0.05, 0) is 30.5 Å². The van der Waals surface area contributed by atoms with Gasteiger partial charge in [-0.3, -0.25) is 4.98 Å². The Morgan fingerprint density at radius 2 is 2.13 bits per heavy atom. The van der Waals surface area contributed by atoms with Gasteiger partial charge in [-0.2, -0.15) is 0 Å². The molecule has 1 heterocycles. The van der Waals surface area contributed by atoms with Crippen LogP contribution >= 0.6 is 0 Å². The van der Waals surface area contributed by atoms with E-state index in [1.807, 2.05) is 12.4 Å². The minimum absolute atomic E-state index is 0.425. The Morgan fingerprint density at radius 3 is 2.67 bits per heavy atom. The van der Waals surface area contributed by atoms with E-state index in [9.17, 15) is 0 Å². The van der Waals surface area contributed by atoms with E-state index < -0.39 is 0 Å². The SMILES string of the molecule is NCC(CNC1CCC1)c1ccncc1. The Labute approximate surface area is 91.1 Å². The first-order chi connectivity index (χ1) is 7.40. The molecule has 1 saturated carbocycles. The van der Waals surface area contributed by atoms with E-state index in [2.05, 4.69) is 22.4 Å². The largest absolute Gasteiger partial charge is 0.330 e. The van der Waals surface area contributed by atoms with Gasteiger partial charge in [0.2, 0.25) is 0 Å². The monoisotopic (exact) mass is 205 g/mol. The van der Waals surface area contributed by atoms with E-state index in [1.165, 1.54) is 24.8 Å². The molecule has 0 aromatic carbocycles. The van der Waals surface area contributed by atoms with Crippen LogP contribution in [0.15, 0.2) is 24.5 Å². The zero-order valence-electron chi connectivity index (χ0n) is 9.02. The van der Waals surface area contributed by atoms with Crippen LogP contribution in [0.25, 0.3) is 0 Å². The van der Waals surface area contributed by atoms with Gasteiger partial charge in [0.25, 0.3) is 0 Å². The summed E-state index contributed by atoms with van der Waals surface area (Å²) >= 11 is 0. The summed E-state index contributed by atoms with van der Waals surface area (Å²) in [6, 6.07) is 4.85. The Morgan fingerprint density at radius 1 is 1.40 bits per heavy atom. The fourth-order valence-electron chi connectivity index (χ4n) is 1.89. The molecule has 1 unspecified atom stereocenters. The first kappa shape index (κ1) is 10.6. The molecule has 1 aliphatic rings. The van der Waals surface area contributed by atoms with Gasteiger partial charge in [-0.1, -0.05) is 6.42 Å². The van der Waals surface area contributed by atoms with E-state index in [4.69, 9.17) is 5.73 Å². The van der Waals surface area contributed by atoms with Gasteiger partial charge in [-0.25, -0.2) is 0 Å². The van der Waals surface area contributed by atoms with Crippen molar-refractivity contribution in [3.63, 3.8) is 0 Å². The van der Waals surface area contributed by atoms with E-state index in [1.54, 1.807) is 0 Å². The lowest BCUT2D eigenvalue weighted by Crippen LogP contribution is -2.39. The van der Waals surface area contributed by atoms with Gasteiger partial charge in [0, 0.05) is 37.4 Å². The molecule has 0 bridgehead atoms. The highest BCUT2D eigenvalue weighted by Gasteiger charge is 2.18. The van der Waals surface area contributed by atoms with Gasteiger partial charge in [-0.15, -0.1) is 0 Å². The van der Waals surface area contributed by atoms with Crippen molar-refractivity contribution in [1.29, 1.82) is 0 Å². The number of nitrogens with one attached hydrogen (secondary N) is 1. The lowest BCUT2D eigenvalue weighted by Gasteiger charge is -2.28. The molecule has 0 spiro atoms. The first-order valence-electron chi connectivity index (χ1n) is 5.73. The van der Waals surface area contributed by atoms with Gasteiger partial charge >= 0.3 is 0 Å². The highest BCUT2D eigenvalue weighted by atomic mass is 14.9. The minimum atomic E-state index is 0.425. The predicted octanol–water partition coefficient (Wildman–Crippen LogP) is 1.27. The van der Waals surface area contributed by atoms with Crippen molar-refractivity contribution in [1.82, 2.24) is 10.3 Å². The lowest BCUT2D eigenvalue weighted by molar-refractivity contribution is 0.332. The van der Waals surface area contributed by atoms with Crippen LogP contribution in [-0.2, 0) is 0 Å². The Balaban J connectivity index is 1.86. The Bertz CT molecular complexity index is 282. The summed E-state index contributed by atoms with van der Waals surface area (Å²) < 4.78 is 0. The molecule has 1 fully saturated rings. The Kier molecular flexibility index (Phi) is 3.69. The molecule has 1 aromatic heterocycles. The third-order valence-corrected chi connectivity index (χ3v) is 3.22. The van der Waals surface area contributed by atoms with E-state index >= 15 is 0 Å². The number of hydrogen-bond acceptors (Lipinski definition) is 3. The third kappa shape index (κ3) is 2.76. The van der Waals surface area contributed by atoms with Crippen LogP contribution in [0.1, 0.15) is 30.7 Å². The van der Waals surface area contributed by atoms with Crippen LogP contribution in [0.5, 0.6) is 0 Å². The second-order valence-electron chi connectivity index (χ2n) is 4.25. The smallest absolute Gasteiger partial charge is 0.0270 e. The van der Waals surface area contributed by atoms with Crippen LogP contribution in [0, 0.1) is 0 Å². The van der Waals surface area contributed by atoms with Crippen molar-refractivity contribution >= 4 is 0 Å². The highest BCUT2D eigenvalue weighted by Crippen LogP contribution is 2.19. The molecule has 3 heteroatoms. The van der Waals surface area contributed by atoms with Crippen molar-refractivity contribution in [2.24, 2.45) is 5.73 Å². The second kappa shape index (κ2) is 5.24. The third-order valence-electron chi connectivity index (χ3n) is 3.22. The maximum absolute atomic E-state index is 5.79. The van der Waals surface area contributed by atoms with Crippen LogP contribution in [0.2, 0.25) is 0 Å². The number of aromatic nitrogens is 1. The summed E-state index contributed by atoms with van der Waals surface area (Å²) in [4.78, 5) is 4.02. The summed E-state index contributed by atoms with van der Waals surface area (Å²) in [5, 5.41) is 3.57. The van der Waals surface area contributed by atoms with Crippen LogP contribution < -0.4 is 11.1 Å². The minimum Gasteiger partial charge on any atom is -0.330 e. The summed E-state index contributed by atoms with van der Waals surface area (Å²) in [5.41, 5.74) is 7.08. The van der Waals surface area contributed by atoms with E-state index in [0.29, 0.717) is 12.5 Å². The maximum Gasteiger partial charge on any atom is 0.0270 e. The number of pyridine rings is 1. The average Bonchev–Trinajstić information content (AvgIpc) is 2.23. The molecule has 3 nitrogen and oxygen atoms in total. The van der Waals surface area contributed by atoms with Crippen molar-refractivity contribution in [3.8, 4) is 0 Å². The van der Waals surface area contributed by atoms with Crippen LogP contribution in [0.4, 0.5) is 0 Å². The number of rotatable bonds is 5. The molecule has 0 amide bonds. The number of nitrogens with two attached hydrogens (primary N) is 1. The zero-order valence-corrected chi connectivity index (χ0v) is 9.02. The van der Waals surface area contributed by atoms with Gasteiger partial charge in [0.15, 0.2) is 0 Å². The molecule has 2 rings (SSSR count). The standard InChI is InChI=1S/C12H19N3/c13-8-11(9-15-12-2-1-3-12)10-4-6-14-7-5-10/h4-7,11-12,15H,1-3,8-9,13H2. The lowest BCUT2D eigenvalue weighted by atomic mass is 9.92. The molecule has 82 valence electrons. The summed E-state index contributed by atoms with van der Waals surface area (Å²) in [5.74, 6) is 0.425. The summed E-state index contributed by atoms with van der Waals surface area (Å²) in [7, 11) is 0. The van der Waals surface area contributed by atoms with Crippen molar-refractivity contribution < 1.29 is 0 Å². The zero-order chi connectivity index (χ0) is 10.5. The van der Waals surface area contributed by atoms with Crippen molar-refractivity contribution in [2.75, 3.05) is 13.1 Å². The Hall–Kier alpha value is -0.930. The van der Waals surface area contributed by atoms with Gasteiger partial charge in [0.1, 0.15) is 0 Å². The summed E-state index contributed by atoms with van der Waals surface area (Å²) in [6.45, 7) is 1.69. The molecular weight excluding hydrogens is 186 g/mol. The fourth-order valence-corrected chi connectivity index (χ4v) is 1.89. The molecule has 15 heavy (non-hydrogen) atoms. The molecule has 1 aliphatic carbocycles. The van der Waals surface area contributed by atoms with Crippen LogP contribution in [0.3, 0.4) is 0 Å². The predicted molar refractivity (Wildman–Crippen MR) is 61.7 cm³/mol. The topological polar surface area (TPSA) is 50.9 Å². The van der Waals surface area contributed by atoms with Crippen molar-refractivity contribution in [2.45, 2.75) is 31.2 Å². The number of hydrogen-bond donors (Lipinski definition) is 2. The molecule has 1 aromatic rings. The van der Waals surface area contributed by atoms with E-state index in [0.717, 1.165) is 12.6 Å². The van der Waals surface area contributed by atoms with Crippen molar-refractivity contribution in [3.05, 3.63) is 30.1 Å². The molecule has 3 N–H and O–H groups in total. The first-order valence-corrected chi connectivity index (χ1v) is 5.73. The fraction of sp³-hybridized carbons (Fsp3) is 0.583. The molecular formula is C12H19N3. The quantitative estimate of drug-likeness (QED) is 0.761. The van der Waals surface area contributed by atoms with E-state index in [-0.39, 0.29) is 0 Å². The molecule has 0 radical (unpaired) electrons.